The molecule has 2 aliphatic rings. The lowest BCUT2D eigenvalue weighted by atomic mass is 10.1. The fraction of sp³-hybridized carbons (Fsp3) is 0.176. The van der Waals surface area contributed by atoms with Crippen molar-refractivity contribution in [2.24, 2.45) is 0 Å². The average Bonchev–Trinajstić information content (AvgIpc) is 3.01. The quantitative estimate of drug-likeness (QED) is 0.260. The Kier molecular flexibility index (Phi) is 7.85. The summed E-state index contributed by atoms with van der Waals surface area (Å²) in [7, 11) is 0. The predicted octanol–water partition coefficient (Wildman–Crippen LogP) is 6.26. The van der Waals surface area contributed by atoms with Crippen molar-refractivity contribution in [1.82, 2.24) is 9.80 Å². The van der Waals surface area contributed by atoms with Gasteiger partial charge in [0, 0.05) is 43.3 Å². The van der Waals surface area contributed by atoms with Gasteiger partial charge in [0.05, 0.1) is 12.2 Å². The van der Waals surface area contributed by atoms with Crippen LogP contribution < -0.4 is 9.64 Å². The molecule has 0 bridgehead atoms. The van der Waals surface area contributed by atoms with E-state index < -0.39 is 0 Å². The van der Waals surface area contributed by atoms with Gasteiger partial charge in [0.1, 0.15) is 0 Å². The van der Waals surface area contributed by atoms with Gasteiger partial charge in [-0.3, -0.25) is 19.4 Å². The number of nitrogens with zero attached hydrogens (tertiary/aromatic N) is 3. The van der Waals surface area contributed by atoms with Crippen LogP contribution >= 0.6 is 11.6 Å². The lowest BCUT2D eigenvalue weighted by molar-refractivity contribution is -0.117. The van der Waals surface area contributed by atoms with E-state index in [9.17, 15) is 9.59 Å². The number of fused-ring (bicyclic) bond motifs is 1. The summed E-state index contributed by atoms with van der Waals surface area (Å²) in [5, 5.41) is 0.648. The second-order valence-electron chi connectivity index (χ2n) is 10.3. The van der Waals surface area contributed by atoms with Crippen molar-refractivity contribution in [3.63, 3.8) is 0 Å². The summed E-state index contributed by atoms with van der Waals surface area (Å²) in [6, 6.07) is 32.7. The molecule has 4 aromatic carbocycles. The zero-order valence-corrected chi connectivity index (χ0v) is 23.3. The van der Waals surface area contributed by atoms with Gasteiger partial charge >= 0.3 is 0 Å². The van der Waals surface area contributed by atoms with E-state index in [1.807, 2.05) is 83.8 Å². The highest BCUT2D eigenvalue weighted by Crippen LogP contribution is 2.36. The van der Waals surface area contributed by atoms with Crippen LogP contribution in [0.3, 0.4) is 0 Å². The Morgan fingerprint density at radius 3 is 2.15 bits per heavy atom. The van der Waals surface area contributed by atoms with Crippen LogP contribution in [0, 0.1) is 0 Å². The largest absolute Gasteiger partial charge is 0.449 e. The second-order valence-corrected chi connectivity index (χ2v) is 10.7. The number of anilines is 1. The number of amides is 2. The molecule has 0 spiro atoms. The molecule has 2 heterocycles. The Hall–Kier alpha value is -4.39. The standard InChI is InChI=1S/C34H30ClN3O3/c35-29-16-12-27(13-17-29)24-38-30-8-4-5-9-31(30)41-32(34(38)40)22-25-10-14-28(15-11-25)33(39)37-20-18-36(19-21-37)23-26-6-2-1-3-7-26/h1-17,22H,18-21,23-24H2/b32-22-. The van der Waals surface area contributed by atoms with Gasteiger partial charge in [-0.15, -0.1) is 0 Å². The number of hydrogen-bond acceptors (Lipinski definition) is 4. The van der Waals surface area contributed by atoms with Crippen molar-refractivity contribution in [3.05, 3.63) is 136 Å². The van der Waals surface area contributed by atoms with E-state index in [-0.39, 0.29) is 17.6 Å². The Morgan fingerprint density at radius 2 is 1.41 bits per heavy atom. The van der Waals surface area contributed by atoms with E-state index in [2.05, 4.69) is 29.2 Å². The number of carbonyl (C=O) groups is 2. The molecule has 0 unspecified atom stereocenters. The van der Waals surface area contributed by atoms with Gasteiger partial charge < -0.3 is 9.64 Å². The van der Waals surface area contributed by atoms with Crippen LogP contribution in [0.15, 0.2) is 109 Å². The van der Waals surface area contributed by atoms with Crippen LogP contribution in [0.1, 0.15) is 27.0 Å². The maximum Gasteiger partial charge on any atom is 0.294 e. The summed E-state index contributed by atoms with van der Waals surface area (Å²) >= 11 is 6.05. The minimum atomic E-state index is -0.229. The summed E-state index contributed by atoms with van der Waals surface area (Å²) in [5.74, 6) is 0.639. The van der Waals surface area contributed by atoms with Gasteiger partial charge in [-0.05, 0) is 59.2 Å². The first-order chi connectivity index (χ1) is 20.0. The molecule has 41 heavy (non-hydrogen) atoms. The van der Waals surface area contributed by atoms with Crippen molar-refractivity contribution in [3.8, 4) is 5.75 Å². The van der Waals surface area contributed by atoms with Gasteiger partial charge in [0.2, 0.25) is 0 Å². The van der Waals surface area contributed by atoms with Gasteiger partial charge in [0.25, 0.3) is 11.8 Å². The third-order valence-electron chi connectivity index (χ3n) is 7.45. The number of rotatable bonds is 6. The number of hydrogen-bond donors (Lipinski definition) is 0. The topological polar surface area (TPSA) is 53.1 Å². The van der Waals surface area contributed by atoms with Gasteiger partial charge in [0.15, 0.2) is 11.5 Å². The molecule has 0 atom stereocenters. The number of para-hydroxylation sites is 2. The van der Waals surface area contributed by atoms with E-state index in [0.717, 1.165) is 36.4 Å². The number of carbonyl (C=O) groups excluding carboxylic acids is 2. The Labute approximate surface area is 245 Å². The number of piperazine rings is 1. The molecule has 206 valence electrons. The Balaban J connectivity index is 1.13. The van der Waals surface area contributed by atoms with Crippen LogP contribution in [0.5, 0.6) is 5.75 Å². The molecule has 6 rings (SSSR count). The fourth-order valence-corrected chi connectivity index (χ4v) is 5.32. The van der Waals surface area contributed by atoms with Crippen LogP contribution in [-0.2, 0) is 17.9 Å². The van der Waals surface area contributed by atoms with Gasteiger partial charge in [-0.25, -0.2) is 0 Å². The smallest absolute Gasteiger partial charge is 0.294 e. The first kappa shape index (κ1) is 26.8. The Morgan fingerprint density at radius 1 is 0.756 bits per heavy atom. The zero-order chi connectivity index (χ0) is 28.2. The van der Waals surface area contributed by atoms with Crippen LogP contribution in [0.4, 0.5) is 5.69 Å². The van der Waals surface area contributed by atoms with E-state index in [1.54, 1.807) is 11.0 Å². The Bertz CT molecular complexity index is 1560. The highest BCUT2D eigenvalue weighted by atomic mass is 35.5. The molecule has 7 heteroatoms. The molecule has 0 radical (unpaired) electrons. The minimum Gasteiger partial charge on any atom is -0.449 e. The number of halogens is 1. The highest BCUT2D eigenvalue weighted by molar-refractivity contribution is 6.30. The van der Waals surface area contributed by atoms with Crippen molar-refractivity contribution in [1.29, 1.82) is 0 Å². The maximum absolute atomic E-state index is 13.5. The van der Waals surface area contributed by atoms with Crippen molar-refractivity contribution < 1.29 is 14.3 Å². The number of benzene rings is 4. The summed E-state index contributed by atoms with van der Waals surface area (Å²) in [5.41, 5.74) is 4.38. The summed E-state index contributed by atoms with van der Waals surface area (Å²) in [6.45, 7) is 4.37. The monoisotopic (exact) mass is 563 g/mol. The lowest BCUT2D eigenvalue weighted by Crippen LogP contribution is -2.48. The average molecular weight is 564 g/mol. The molecular formula is C34H30ClN3O3. The summed E-state index contributed by atoms with van der Waals surface area (Å²) < 4.78 is 6.03. The molecular weight excluding hydrogens is 534 g/mol. The molecule has 1 saturated heterocycles. The third kappa shape index (κ3) is 6.19. The van der Waals surface area contributed by atoms with Crippen LogP contribution in [0.2, 0.25) is 5.02 Å². The first-order valence-electron chi connectivity index (χ1n) is 13.7. The molecule has 0 N–H and O–H groups in total. The number of ether oxygens (including phenoxy) is 1. The van der Waals surface area contributed by atoms with Crippen LogP contribution in [0.25, 0.3) is 6.08 Å². The summed E-state index contributed by atoms with van der Waals surface area (Å²) in [4.78, 5) is 32.7. The molecule has 4 aromatic rings. The molecule has 2 aliphatic heterocycles. The minimum absolute atomic E-state index is 0.0247. The van der Waals surface area contributed by atoms with Crippen molar-refractivity contribution >= 4 is 35.2 Å². The van der Waals surface area contributed by atoms with E-state index in [1.165, 1.54) is 5.56 Å². The van der Waals surface area contributed by atoms with E-state index in [0.29, 0.717) is 36.0 Å². The highest BCUT2D eigenvalue weighted by Gasteiger charge is 2.30. The van der Waals surface area contributed by atoms with Crippen molar-refractivity contribution in [2.45, 2.75) is 13.1 Å². The normalized spacial score (nSPS) is 16.4. The molecule has 6 nitrogen and oxygen atoms in total. The first-order valence-corrected chi connectivity index (χ1v) is 14.1. The van der Waals surface area contributed by atoms with E-state index in [4.69, 9.17) is 16.3 Å². The maximum atomic E-state index is 13.5. The van der Waals surface area contributed by atoms with Crippen LogP contribution in [-0.4, -0.2) is 47.8 Å². The molecule has 2 amide bonds. The molecule has 1 fully saturated rings. The zero-order valence-electron chi connectivity index (χ0n) is 22.6. The molecule has 0 aliphatic carbocycles. The SMILES string of the molecule is O=C(c1ccc(/C=C2\Oc3ccccc3N(Cc3ccc(Cl)cc3)C2=O)cc1)N1CCN(Cc2ccccc2)CC1. The fourth-order valence-electron chi connectivity index (χ4n) is 5.20. The van der Waals surface area contributed by atoms with Crippen molar-refractivity contribution in [2.75, 3.05) is 31.1 Å². The molecule has 0 saturated carbocycles. The van der Waals surface area contributed by atoms with Gasteiger partial charge in [-0.1, -0.05) is 78.3 Å². The van der Waals surface area contributed by atoms with E-state index >= 15 is 0 Å². The third-order valence-corrected chi connectivity index (χ3v) is 7.70. The van der Waals surface area contributed by atoms with Gasteiger partial charge in [-0.2, -0.15) is 0 Å². The summed E-state index contributed by atoms with van der Waals surface area (Å²) in [6.07, 6.45) is 1.73. The lowest BCUT2D eigenvalue weighted by Gasteiger charge is -2.34. The molecule has 0 aromatic heterocycles. The second kappa shape index (κ2) is 12.0. The predicted molar refractivity (Wildman–Crippen MR) is 162 cm³/mol.